The number of carbonyl (C=O) groups excluding carboxylic acids is 5. The van der Waals surface area contributed by atoms with Gasteiger partial charge in [0, 0.05) is 20.0 Å². The Kier molecular flexibility index (Phi) is 12.7. The maximum Gasteiger partial charge on any atom is 0.305 e. The van der Waals surface area contributed by atoms with Gasteiger partial charge in [0.15, 0.2) is 5.96 Å². The first-order valence-electron chi connectivity index (χ1n) is 13.6. The summed E-state index contributed by atoms with van der Waals surface area (Å²) in [5.41, 5.74) is 11.4. The van der Waals surface area contributed by atoms with E-state index in [1.54, 1.807) is 44.2 Å². The maximum absolute atomic E-state index is 13.8. The highest BCUT2D eigenvalue weighted by Gasteiger charge is 2.37. The number of carbonyl (C=O) groups is 6. The van der Waals surface area contributed by atoms with Gasteiger partial charge in [-0.15, -0.1) is 0 Å². The molecule has 15 heteroatoms. The van der Waals surface area contributed by atoms with Crippen LogP contribution in [-0.4, -0.2) is 95.8 Å². The van der Waals surface area contributed by atoms with Crippen LogP contribution < -0.4 is 32.7 Å². The van der Waals surface area contributed by atoms with Crippen molar-refractivity contribution >= 4 is 41.5 Å². The molecule has 1 fully saturated rings. The molecule has 42 heavy (non-hydrogen) atoms. The summed E-state index contributed by atoms with van der Waals surface area (Å²) in [4.78, 5) is 82.8. The Balaban J connectivity index is 2.50. The van der Waals surface area contributed by atoms with Crippen LogP contribution in [0.15, 0.2) is 35.3 Å². The number of rotatable bonds is 9. The van der Waals surface area contributed by atoms with Crippen LogP contribution in [0.4, 0.5) is 0 Å². The third kappa shape index (κ3) is 10.4. The minimum absolute atomic E-state index is 0.0311. The Morgan fingerprint density at radius 1 is 0.976 bits per heavy atom. The summed E-state index contributed by atoms with van der Waals surface area (Å²) in [5.74, 6) is -5.58. The number of nitrogens with zero attached hydrogens (tertiary/aromatic N) is 2. The van der Waals surface area contributed by atoms with Gasteiger partial charge in [0.25, 0.3) is 0 Å². The minimum atomic E-state index is -1.54. The van der Waals surface area contributed by atoms with Gasteiger partial charge in [0.05, 0.1) is 13.0 Å². The summed E-state index contributed by atoms with van der Waals surface area (Å²) in [6, 6.07) is 3.92. The highest BCUT2D eigenvalue weighted by Crippen LogP contribution is 2.15. The quantitative estimate of drug-likeness (QED) is 0.0942. The third-order valence-electron chi connectivity index (χ3n) is 6.59. The number of hydrogen-bond donors (Lipinski definition) is 7. The van der Waals surface area contributed by atoms with Crippen molar-refractivity contribution in [3.05, 3.63) is 35.9 Å². The molecule has 1 aromatic carbocycles. The lowest BCUT2D eigenvalue weighted by molar-refractivity contribution is -0.144. The number of benzene rings is 1. The third-order valence-corrected chi connectivity index (χ3v) is 6.59. The fraction of sp³-hybridized carbons (Fsp3) is 0.519. The average Bonchev–Trinajstić information content (AvgIpc) is 2.91. The predicted molar refractivity (Wildman–Crippen MR) is 153 cm³/mol. The highest BCUT2D eigenvalue weighted by atomic mass is 16.4. The summed E-state index contributed by atoms with van der Waals surface area (Å²) < 4.78 is 0. The Bertz CT molecular complexity index is 1170. The zero-order valence-corrected chi connectivity index (χ0v) is 24.0. The lowest BCUT2D eigenvalue weighted by Gasteiger charge is -2.34. The van der Waals surface area contributed by atoms with Gasteiger partial charge in [-0.25, -0.2) is 0 Å². The standard InChI is InChI=1S/C27H40N8O7/c1-15(2)22-25(41)33-17(10-7-11-30-27(28)29)23(39)31-14-20(36)32-18(13-21(37)38)24(40)34-19(26(42)35(22)3)12-16-8-5-4-6-9-16/h4-6,8-9,15,17-19,22H,7,10-14H2,1-3H3,(H,31,39)(H,32,36)(H,33,41)(H,34,40)(H,37,38)(H4,28,29,30)/t17?,18?,19-,22?/m1/s1. The molecule has 0 radical (unpaired) electrons. The van der Waals surface area contributed by atoms with E-state index in [1.807, 2.05) is 0 Å². The lowest BCUT2D eigenvalue weighted by atomic mass is 9.98. The monoisotopic (exact) mass is 588 g/mol. The van der Waals surface area contributed by atoms with Crippen LogP contribution in [0.5, 0.6) is 0 Å². The number of hydrogen-bond acceptors (Lipinski definition) is 7. The molecule has 4 atom stereocenters. The van der Waals surface area contributed by atoms with Crippen LogP contribution in [0.25, 0.3) is 0 Å². The normalized spacial score (nSPS) is 22.7. The molecule has 3 unspecified atom stereocenters. The fourth-order valence-corrected chi connectivity index (χ4v) is 4.58. The molecule has 9 N–H and O–H groups in total. The molecule has 0 saturated carbocycles. The van der Waals surface area contributed by atoms with Crippen LogP contribution in [0.2, 0.25) is 0 Å². The smallest absolute Gasteiger partial charge is 0.305 e. The van der Waals surface area contributed by atoms with E-state index in [9.17, 15) is 33.9 Å². The topological polar surface area (TPSA) is 238 Å². The van der Waals surface area contributed by atoms with Gasteiger partial charge in [-0.3, -0.25) is 33.8 Å². The Morgan fingerprint density at radius 3 is 2.21 bits per heavy atom. The van der Waals surface area contributed by atoms with Gasteiger partial charge in [0.1, 0.15) is 24.2 Å². The second-order valence-corrected chi connectivity index (χ2v) is 10.3. The number of nitrogens with one attached hydrogen (secondary N) is 4. The highest BCUT2D eigenvalue weighted by molar-refractivity contribution is 5.98. The van der Waals surface area contributed by atoms with Gasteiger partial charge in [-0.2, -0.15) is 0 Å². The van der Waals surface area contributed by atoms with Crippen molar-refractivity contribution in [1.29, 1.82) is 0 Å². The number of carboxylic acid groups (broad SMARTS) is 1. The first kappa shape index (κ1) is 33.5. The van der Waals surface area contributed by atoms with Crippen molar-refractivity contribution in [2.45, 2.75) is 63.7 Å². The molecule has 5 amide bonds. The number of aliphatic imine (C=N–C) groups is 1. The average molecular weight is 589 g/mol. The number of amides is 5. The first-order chi connectivity index (χ1) is 19.8. The van der Waals surface area contributed by atoms with Gasteiger partial charge in [-0.05, 0) is 24.3 Å². The zero-order valence-electron chi connectivity index (χ0n) is 24.0. The molecule has 0 aliphatic carbocycles. The number of likely N-dealkylation sites (N-methyl/N-ethyl adjacent to an activating group) is 1. The van der Waals surface area contributed by atoms with E-state index >= 15 is 0 Å². The number of guanidine groups is 1. The van der Waals surface area contributed by atoms with E-state index in [0.717, 1.165) is 0 Å². The Morgan fingerprint density at radius 2 is 1.62 bits per heavy atom. The fourth-order valence-electron chi connectivity index (χ4n) is 4.58. The Hall–Kier alpha value is -4.69. The minimum Gasteiger partial charge on any atom is -0.481 e. The molecular formula is C27H40N8O7. The summed E-state index contributed by atoms with van der Waals surface area (Å²) in [7, 11) is 1.42. The van der Waals surface area contributed by atoms with Gasteiger partial charge >= 0.3 is 5.97 Å². The summed E-state index contributed by atoms with van der Waals surface area (Å²) in [6.07, 6.45) is -0.322. The van der Waals surface area contributed by atoms with Crippen molar-refractivity contribution in [2.24, 2.45) is 22.4 Å². The van der Waals surface area contributed by atoms with Crippen LogP contribution in [-0.2, 0) is 35.2 Å². The molecule has 2 rings (SSSR count). The summed E-state index contributed by atoms with van der Waals surface area (Å²) in [6.45, 7) is 3.04. The number of nitrogens with two attached hydrogens (primary N) is 2. The maximum atomic E-state index is 13.8. The Labute approximate surface area is 243 Å². The number of carboxylic acids is 1. The van der Waals surface area contributed by atoms with E-state index in [0.29, 0.717) is 12.0 Å². The zero-order chi connectivity index (χ0) is 31.4. The van der Waals surface area contributed by atoms with Crippen LogP contribution in [0.3, 0.4) is 0 Å². The van der Waals surface area contributed by atoms with Crippen LogP contribution in [0, 0.1) is 5.92 Å². The van der Waals surface area contributed by atoms with Crippen molar-refractivity contribution in [3.8, 4) is 0 Å². The molecule has 1 saturated heterocycles. The molecule has 0 bridgehead atoms. The molecule has 1 aliphatic heterocycles. The van der Waals surface area contributed by atoms with E-state index in [2.05, 4.69) is 26.3 Å². The van der Waals surface area contributed by atoms with Crippen molar-refractivity contribution in [2.75, 3.05) is 20.1 Å². The molecule has 1 heterocycles. The molecular weight excluding hydrogens is 548 g/mol. The van der Waals surface area contributed by atoms with Crippen LogP contribution >= 0.6 is 0 Å². The van der Waals surface area contributed by atoms with Crippen LogP contribution in [0.1, 0.15) is 38.7 Å². The van der Waals surface area contributed by atoms with Crippen molar-refractivity contribution in [3.63, 3.8) is 0 Å². The van der Waals surface area contributed by atoms with Crippen molar-refractivity contribution < 1.29 is 33.9 Å². The SMILES string of the molecule is CC(C)C1C(=O)NC(CCCN=C(N)N)C(=O)NCC(=O)NC(CC(=O)O)C(=O)N[C@H](Cc2ccccc2)C(=O)N1C. The molecule has 15 nitrogen and oxygen atoms in total. The summed E-state index contributed by atoms with van der Waals surface area (Å²) >= 11 is 0. The second-order valence-electron chi connectivity index (χ2n) is 10.3. The molecule has 0 aromatic heterocycles. The summed E-state index contributed by atoms with van der Waals surface area (Å²) in [5, 5.41) is 19.3. The van der Waals surface area contributed by atoms with Gasteiger partial charge in [0.2, 0.25) is 29.5 Å². The van der Waals surface area contributed by atoms with Gasteiger partial charge < -0.3 is 42.7 Å². The largest absolute Gasteiger partial charge is 0.481 e. The molecule has 0 spiro atoms. The lowest BCUT2D eigenvalue weighted by Crippen LogP contribution is -2.59. The van der Waals surface area contributed by atoms with E-state index in [-0.39, 0.29) is 25.3 Å². The van der Waals surface area contributed by atoms with E-state index in [1.165, 1.54) is 11.9 Å². The predicted octanol–water partition coefficient (Wildman–Crippen LogP) is -2.18. The second kappa shape index (κ2) is 15.9. The van der Waals surface area contributed by atoms with E-state index in [4.69, 9.17) is 11.5 Å². The van der Waals surface area contributed by atoms with Gasteiger partial charge in [-0.1, -0.05) is 44.2 Å². The molecule has 230 valence electrons. The van der Waals surface area contributed by atoms with Crippen molar-refractivity contribution in [1.82, 2.24) is 26.2 Å². The molecule has 1 aliphatic rings. The molecule has 1 aromatic rings. The number of aliphatic carboxylic acids is 1. The van der Waals surface area contributed by atoms with E-state index < -0.39 is 78.6 Å². The first-order valence-corrected chi connectivity index (χ1v) is 13.6.